The largest absolute Gasteiger partial charge is 0.394 e. The van der Waals surface area contributed by atoms with Crippen LogP contribution in [0.15, 0.2) is 11.6 Å². The Morgan fingerprint density at radius 1 is 1.54 bits per heavy atom. The van der Waals surface area contributed by atoms with Gasteiger partial charge >= 0.3 is 0 Å². The maximum Gasteiger partial charge on any atom is 0.0701 e. The van der Waals surface area contributed by atoms with E-state index in [1.165, 1.54) is 19.3 Å². The molecule has 2 bridgehead atoms. The van der Waals surface area contributed by atoms with Crippen LogP contribution in [0.5, 0.6) is 0 Å². The third kappa shape index (κ3) is 1.65. The Balaban J connectivity index is 1.94. The fraction of sp³-hybridized carbons (Fsp3) is 0.818. The number of aliphatic hydroxyl groups is 1. The molecule has 1 N–H and O–H groups in total. The van der Waals surface area contributed by atoms with E-state index >= 15 is 0 Å². The number of hydrogen-bond acceptors (Lipinski definition) is 2. The first kappa shape index (κ1) is 9.22. The van der Waals surface area contributed by atoms with Gasteiger partial charge in [0.2, 0.25) is 0 Å². The molecule has 0 amide bonds. The number of aliphatic hydroxyl groups excluding tert-OH is 1. The van der Waals surface area contributed by atoms with E-state index in [0.29, 0.717) is 18.6 Å². The van der Waals surface area contributed by atoms with Crippen molar-refractivity contribution in [2.45, 2.75) is 32.3 Å². The molecule has 0 aromatic heterocycles. The molecule has 13 heavy (non-hydrogen) atoms. The molecule has 2 nitrogen and oxygen atoms in total. The zero-order chi connectivity index (χ0) is 9.26. The summed E-state index contributed by atoms with van der Waals surface area (Å²) in [6, 6.07) is 0. The molecular weight excluding hydrogens is 164 g/mol. The van der Waals surface area contributed by atoms with Crippen LogP contribution in [0, 0.1) is 11.8 Å². The van der Waals surface area contributed by atoms with Crippen LogP contribution in [0.3, 0.4) is 0 Å². The van der Waals surface area contributed by atoms with E-state index < -0.39 is 0 Å². The molecule has 3 atom stereocenters. The number of hydrogen-bond donors (Lipinski definition) is 1. The van der Waals surface area contributed by atoms with Crippen LogP contribution in [0.2, 0.25) is 0 Å². The third-order valence-electron chi connectivity index (χ3n) is 3.40. The normalized spacial score (nSPS) is 40.5. The van der Waals surface area contributed by atoms with Crippen LogP contribution in [0.25, 0.3) is 0 Å². The van der Waals surface area contributed by atoms with Gasteiger partial charge in [-0.05, 0) is 32.1 Å². The predicted octanol–water partition coefficient (Wildman–Crippen LogP) is 1.74. The van der Waals surface area contributed by atoms with Crippen molar-refractivity contribution in [2.75, 3.05) is 13.2 Å². The maximum absolute atomic E-state index is 8.68. The summed E-state index contributed by atoms with van der Waals surface area (Å²) < 4.78 is 5.63. The second-order valence-electron chi connectivity index (χ2n) is 4.14. The molecule has 0 heterocycles. The fourth-order valence-electron chi connectivity index (χ4n) is 2.86. The van der Waals surface area contributed by atoms with Gasteiger partial charge < -0.3 is 9.84 Å². The van der Waals surface area contributed by atoms with E-state index in [9.17, 15) is 0 Å². The van der Waals surface area contributed by atoms with E-state index in [2.05, 4.69) is 13.0 Å². The topological polar surface area (TPSA) is 29.5 Å². The molecule has 2 aliphatic carbocycles. The first-order valence-corrected chi connectivity index (χ1v) is 5.22. The Kier molecular flexibility index (Phi) is 2.70. The van der Waals surface area contributed by atoms with E-state index in [1.54, 1.807) is 5.57 Å². The van der Waals surface area contributed by atoms with Crippen LogP contribution < -0.4 is 0 Å². The van der Waals surface area contributed by atoms with E-state index in [-0.39, 0.29) is 6.61 Å². The lowest BCUT2D eigenvalue weighted by Crippen LogP contribution is -2.23. The Morgan fingerprint density at radius 3 is 3.00 bits per heavy atom. The number of ether oxygens (including phenoxy) is 1. The lowest BCUT2D eigenvalue weighted by atomic mass is 9.92. The molecule has 2 saturated carbocycles. The molecule has 2 heteroatoms. The van der Waals surface area contributed by atoms with Crippen molar-refractivity contribution in [3.8, 4) is 0 Å². The minimum atomic E-state index is 0.152. The summed E-state index contributed by atoms with van der Waals surface area (Å²) >= 11 is 0. The van der Waals surface area contributed by atoms with Crippen molar-refractivity contribution in [2.24, 2.45) is 11.8 Å². The van der Waals surface area contributed by atoms with Crippen LogP contribution in [-0.4, -0.2) is 24.4 Å². The average molecular weight is 182 g/mol. The summed E-state index contributed by atoms with van der Waals surface area (Å²) in [4.78, 5) is 0. The zero-order valence-corrected chi connectivity index (χ0v) is 8.20. The molecule has 0 aromatic carbocycles. The van der Waals surface area contributed by atoms with Crippen LogP contribution in [-0.2, 0) is 4.74 Å². The van der Waals surface area contributed by atoms with E-state index in [4.69, 9.17) is 9.84 Å². The molecule has 74 valence electrons. The van der Waals surface area contributed by atoms with Crippen molar-refractivity contribution >= 4 is 0 Å². The Hall–Kier alpha value is -0.340. The summed E-state index contributed by atoms with van der Waals surface area (Å²) in [5.74, 6) is 1.53. The minimum Gasteiger partial charge on any atom is -0.394 e. The van der Waals surface area contributed by atoms with Gasteiger partial charge in [-0.15, -0.1) is 0 Å². The Labute approximate surface area is 79.6 Å². The van der Waals surface area contributed by atoms with Crippen molar-refractivity contribution < 1.29 is 9.84 Å². The third-order valence-corrected chi connectivity index (χ3v) is 3.40. The van der Waals surface area contributed by atoms with Crippen molar-refractivity contribution in [3.63, 3.8) is 0 Å². The number of allylic oxidation sites excluding steroid dienone is 1. The second kappa shape index (κ2) is 3.81. The zero-order valence-electron chi connectivity index (χ0n) is 8.20. The molecule has 2 aliphatic rings. The molecule has 0 aromatic rings. The molecule has 2 rings (SSSR count). The first-order valence-electron chi connectivity index (χ1n) is 5.22. The van der Waals surface area contributed by atoms with Crippen molar-refractivity contribution in [3.05, 3.63) is 11.6 Å². The van der Waals surface area contributed by atoms with Gasteiger partial charge in [0.25, 0.3) is 0 Å². The van der Waals surface area contributed by atoms with E-state index in [1.807, 2.05) is 0 Å². The molecule has 0 radical (unpaired) electrons. The summed E-state index contributed by atoms with van der Waals surface area (Å²) in [5.41, 5.74) is 1.58. The summed E-state index contributed by atoms with van der Waals surface area (Å²) in [7, 11) is 0. The van der Waals surface area contributed by atoms with Crippen LogP contribution >= 0.6 is 0 Å². The predicted molar refractivity (Wildman–Crippen MR) is 51.4 cm³/mol. The Morgan fingerprint density at radius 2 is 2.38 bits per heavy atom. The fourth-order valence-corrected chi connectivity index (χ4v) is 2.86. The smallest absolute Gasteiger partial charge is 0.0701 e. The lowest BCUT2D eigenvalue weighted by Gasteiger charge is -2.24. The van der Waals surface area contributed by atoms with Gasteiger partial charge in [-0.2, -0.15) is 0 Å². The van der Waals surface area contributed by atoms with Gasteiger partial charge in [-0.3, -0.25) is 0 Å². The molecule has 0 aliphatic heterocycles. The molecule has 0 spiro atoms. The highest BCUT2D eigenvalue weighted by atomic mass is 16.5. The van der Waals surface area contributed by atoms with Gasteiger partial charge in [0.05, 0.1) is 19.3 Å². The molecule has 0 saturated heterocycles. The van der Waals surface area contributed by atoms with Gasteiger partial charge in [0, 0.05) is 5.92 Å². The quantitative estimate of drug-likeness (QED) is 0.674. The first-order chi connectivity index (χ1) is 6.35. The van der Waals surface area contributed by atoms with Crippen LogP contribution in [0.4, 0.5) is 0 Å². The minimum absolute atomic E-state index is 0.152. The maximum atomic E-state index is 8.68. The van der Waals surface area contributed by atoms with Gasteiger partial charge in [0.1, 0.15) is 0 Å². The second-order valence-corrected chi connectivity index (χ2v) is 4.14. The highest BCUT2D eigenvalue weighted by Crippen LogP contribution is 2.49. The highest BCUT2D eigenvalue weighted by Gasteiger charge is 2.42. The average Bonchev–Trinajstić information content (AvgIpc) is 2.72. The van der Waals surface area contributed by atoms with Gasteiger partial charge in [-0.1, -0.05) is 11.6 Å². The molecule has 2 fully saturated rings. The molecule has 3 unspecified atom stereocenters. The standard InChI is InChI=1S/C11H18O2/c1-2-9-5-8-6-10(9)11(7-8)13-4-3-12/h2,8,10-12H,3-7H2,1H3. The van der Waals surface area contributed by atoms with Gasteiger partial charge in [-0.25, -0.2) is 0 Å². The lowest BCUT2D eigenvalue weighted by molar-refractivity contribution is 0.00932. The number of fused-ring (bicyclic) bond motifs is 2. The van der Waals surface area contributed by atoms with Gasteiger partial charge in [0.15, 0.2) is 0 Å². The molecular formula is C11H18O2. The summed E-state index contributed by atoms with van der Waals surface area (Å²) in [6.07, 6.45) is 6.47. The SMILES string of the molecule is CC=C1CC2CC(OCCO)C1C2. The van der Waals surface area contributed by atoms with Crippen molar-refractivity contribution in [1.29, 1.82) is 0 Å². The summed E-state index contributed by atoms with van der Waals surface area (Å²) in [5, 5.41) is 8.68. The Bertz CT molecular complexity index is 210. The monoisotopic (exact) mass is 182 g/mol. The van der Waals surface area contributed by atoms with Crippen LogP contribution in [0.1, 0.15) is 26.2 Å². The summed E-state index contributed by atoms with van der Waals surface area (Å²) in [6.45, 7) is 2.78. The number of rotatable bonds is 3. The highest BCUT2D eigenvalue weighted by molar-refractivity contribution is 5.18. The van der Waals surface area contributed by atoms with E-state index in [0.717, 1.165) is 5.92 Å². The van der Waals surface area contributed by atoms with Crippen molar-refractivity contribution in [1.82, 2.24) is 0 Å².